The lowest BCUT2D eigenvalue weighted by Gasteiger charge is -2.27. The summed E-state index contributed by atoms with van der Waals surface area (Å²) in [5.74, 6) is -0.366. The molecule has 1 saturated carbocycles. The number of amides is 1. The Kier molecular flexibility index (Phi) is 6.99. The molecule has 0 saturated heterocycles. The Morgan fingerprint density at radius 3 is 2.61 bits per heavy atom. The molecule has 1 aliphatic rings. The molecule has 2 atom stereocenters. The summed E-state index contributed by atoms with van der Waals surface area (Å²) < 4.78 is 25.6. The summed E-state index contributed by atoms with van der Waals surface area (Å²) >= 11 is 3.33. The Hall–Kier alpha value is -2.48. The minimum absolute atomic E-state index is 0.0403. The van der Waals surface area contributed by atoms with Gasteiger partial charge in [-0.15, -0.1) is 0 Å². The molecule has 1 fully saturated rings. The smallest absolute Gasteiger partial charge is 0.416 e. The largest absolute Gasteiger partial charge is 0.466 e. The summed E-state index contributed by atoms with van der Waals surface area (Å²) in [6, 6.07) is 8.08. The Morgan fingerprint density at radius 1 is 1.26 bits per heavy atom. The first-order valence-corrected chi connectivity index (χ1v) is 11.0. The van der Waals surface area contributed by atoms with Crippen molar-refractivity contribution in [1.82, 2.24) is 4.98 Å². The summed E-state index contributed by atoms with van der Waals surface area (Å²) in [5.41, 5.74) is 0.515. The lowest BCUT2D eigenvalue weighted by atomic mass is 10.1. The quantitative estimate of drug-likeness (QED) is 0.491. The Labute approximate surface area is 189 Å². The van der Waals surface area contributed by atoms with Crippen LogP contribution in [0.2, 0.25) is 0 Å². The van der Waals surface area contributed by atoms with E-state index in [0.29, 0.717) is 22.5 Å². The van der Waals surface area contributed by atoms with Gasteiger partial charge in [-0.1, -0.05) is 22.0 Å². The number of esters is 1. The van der Waals surface area contributed by atoms with Crippen molar-refractivity contribution >= 4 is 33.8 Å². The number of hydrogen-bond acceptors (Lipinski definition) is 5. The van der Waals surface area contributed by atoms with E-state index in [1.165, 1.54) is 11.0 Å². The third-order valence-corrected chi connectivity index (χ3v) is 5.30. The molecule has 1 aliphatic carbocycles. The van der Waals surface area contributed by atoms with Gasteiger partial charge in [0.2, 0.25) is 0 Å². The second-order valence-corrected chi connectivity index (χ2v) is 9.37. The van der Waals surface area contributed by atoms with Crippen LogP contribution in [-0.4, -0.2) is 29.3 Å². The maximum absolute atomic E-state index is 14.3. The van der Waals surface area contributed by atoms with Gasteiger partial charge < -0.3 is 9.47 Å². The molecule has 6 nitrogen and oxygen atoms in total. The number of hydrogen-bond donors (Lipinski definition) is 0. The maximum Gasteiger partial charge on any atom is 0.416 e. The van der Waals surface area contributed by atoms with Crippen molar-refractivity contribution in [2.24, 2.45) is 5.92 Å². The molecule has 0 aliphatic heterocycles. The van der Waals surface area contributed by atoms with E-state index in [4.69, 9.17) is 9.47 Å². The van der Waals surface area contributed by atoms with Gasteiger partial charge in [-0.25, -0.2) is 14.2 Å². The SMILES string of the molecule is CCOC(=O)[C@@H]1C[C@H]1c1ccc(N(Cc2cc(Br)ccc2F)C(=O)OC(C)(C)C)nc1. The monoisotopic (exact) mass is 492 g/mol. The molecule has 0 bridgehead atoms. The molecule has 0 spiro atoms. The second kappa shape index (κ2) is 9.34. The van der Waals surface area contributed by atoms with E-state index < -0.39 is 17.5 Å². The first-order chi connectivity index (χ1) is 14.6. The van der Waals surface area contributed by atoms with E-state index in [2.05, 4.69) is 20.9 Å². The third kappa shape index (κ3) is 6.03. The van der Waals surface area contributed by atoms with Crippen LogP contribution in [0.3, 0.4) is 0 Å². The fraction of sp³-hybridized carbons (Fsp3) is 0.435. The highest BCUT2D eigenvalue weighted by molar-refractivity contribution is 9.10. The third-order valence-electron chi connectivity index (χ3n) is 4.81. The highest BCUT2D eigenvalue weighted by atomic mass is 79.9. The number of carbonyl (C=O) groups is 2. The van der Waals surface area contributed by atoms with E-state index in [1.54, 1.807) is 52.1 Å². The number of anilines is 1. The fourth-order valence-corrected chi connectivity index (χ4v) is 3.65. The van der Waals surface area contributed by atoms with Crippen LogP contribution in [0.15, 0.2) is 41.0 Å². The zero-order valence-corrected chi connectivity index (χ0v) is 19.6. The number of aromatic nitrogens is 1. The van der Waals surface area contributed by atoms with Gasteiger partial charge in [0.15, 0.2) is 0 Å². The Balaban J connectivity index is 1.83. The van der Waals surface area contributed by atoms with Crippen LogP contribution in [0.1, 0.15) is 51.2 Å². The minimum Gasteiger partial charge on any atom is -0.466 e. The number of halogens is 2. The molecule has 166 valence electrons. The molecule has 0 radical (unpaired) electrons. The number of rotatable bonds is 6. The molecule has 1 aromatic carbocycles. The molecule has 3 rings (SSSR count). The second-order valence-electron chi connectivity index (χ2n) is 8.45. The van der Waals surface area contributed by atoms with Crippen molar-refractivity contribution in [1.29, 1.82) is 0 Å². The number of pyridine rings is 1. The molecule has 2 aromatic rings. The van der Waals surface area contributed by atoms with Crippen LogP contribution in [0.4, 0.5) is 15.0 Å². The molecule has 1 heterocycles. The Bertz CT molecular complexity index is 959. The number of carbonyl (C=O) groups excluding carboxylic acids is 2. The average Bonchev–Trinajstić information content (AvgIpc) is 3.48. The topological polar surface area (TPSA) is 68.7 Å². The van der Waals surface area contributed by atoms with Crippen molar-refractivity contribution in [3.63, 3.8) is 0 Å². The lowest BCUT2D eigenvalue weighted by Crippen LogP contribution is -2.37. The average molecular weight is 493 g/mol. The maximum atomic E-state index is 14.3. The highest BCUT2D eigenvalue weighted by Gasteiger charge is 2.45. The van der Waals surface area contributed by atoms with E-state index in [9.17, 15) is 14.0 Å². The standard InChI is InChI=1S/C23H26BrFN2O4/c1-5-30-21(28)18-11-17(18)14-6-9-20(26-12-14)27(22(29)31-23(2,3)4)13-15-10-16(24)7-8-19(15)25/h6-10,12,17-18H,5,11,13H2,1-4H3/t17-,18+/m0/s1. The van der Waals surface area contributed by atoms with Gasteiger partial charge in [0.25, 0.3) is 0 Å². The Morgan fingerprint density at radius 2 is 2.00 bits per heavy atom. The molecule has 0 N–H and O–H groups in total. The van der Waals surface area contributed by atoms with Crippen LogP contribution in [0.25, 0.3) is 0 Å². The summed E-state index contributed by atoms with van der Waals surface area (Å²) in [6.07, 6.45) is 1.75. The summed E-state index contributed by atoms with van der Waals surface area (Å²) in [5, 5.41) is 0. The number of ether oxygens (including phenoxy) is 2. The van der Waals surface area contributed by atoms with E-state index in [0.717, 1.165) is 12.0 Å². The van der Waals surface area contributed by atoms with Crippen LogP contribution in [0, 0.1) is 11.7 Å². The summed E-state index contributed by atoms with van der Waals surface area (Å²) in [7, 11) is 0. The molecular formula is C23H26BrFN2O4. The zero-order valence-electron chi connectivity index (χ0n) is 18.0. The van der Waals surface area contributed by atoms with Gasteiger partial charge in [0, 0.05) is 16.2 Å². The predicted molar refractivity (Wildman–Crippen MR) is 118 cm³/mol. The van der Waals surface area contributed by atoms with Gasteiger partial charge >= 0.3 is 12.1 Å². The summed E-state index contributed by atoms with van der Waals surface area (Å²) in [6.45, 7) is 7.40. The van der Waals surface area contributed by atoms with Crippen LogP contribution < -0.4 is 4.90 Å². The number of benzene rings is 1. The highest BCUT2D eigenvalue weighted by Crippen LogP contribution is 2.48. The van der Waals surface area contributed by atoms with Crippen molar-refractivity contribution in [2.45, 2.75) is 52.2 Å². The van der Waals surface area contributed by atoms with E-state index in [1.807, 2.05) is 6.07 Å². The van der Waals surface area contributed by atoms with Crippen molar-refractivity contribution < 1.29 is 23.5 Å². The fourth-order valence-electron chi connectivity index (χ4n) is 3.24. The van der Waals surface area contributed by atoms with Gasteiger partial charge in [-0.2, -0.15) is 0 Å². The van der Waals surface area contributed by atoms with Gasteiger partial charge in [0.05, 0.1) is 19.1 Å². The predicted octanol–water partition coefficient (Wildman–Crippen LogP) is 5.59. The molecule has 1 aromatic heterocycles. The van der Waals surface area contributed by atoms with Gasteiger partial charge in [-0.05, 0) is 69.9 Å². The molecule has 31 heavy (non-hydrogen) atoms. The van der Waals surface area contributed by atoms with E-state index >= 15 is 0 Å². The lowest BCUT2D eigenvalue weighted by molar-refractivity contribution is -0.144. The summed E-state index contributed by atoms with van der Waals surface area (Å²) in [4.78, 5) is 30.5. The molecule has 0 unspecified atom stereocenters. The van der Waals surface area contributed by atoms with Crippen LogP contribution >= 0.6 is 15.9 Å². The zero-order chi connectivity index (χ0) is 22.8. The first kappa shape index (κ1) is 23.2. The number of nitrogens with zero attached hydrogens (tertiary/aromatic N) is 2. The normalized spacial score (nSPS) is 17.7. The molecule has 1 amide bonds. The van der Waals surface area contributed by atoms with Crippen molar-refractivity contribution in [2.75, 3.05) is 11.5 Å². The molecular weight excluding hydrogens is 467 g/mol. The first-order valence-electron chi connectivity index (χ1n) is 10.2. The van der Waals surface area contributed by atoms with Crippen molar-refractivity contribution in [3.05, 3.63) is 57.9 Å². The van der Waals surface area contributed by atoms with Crippen LogP contribution in [0.5, 0.6) is 0 Å². The van der Waals surface area contributed by atoms with Crippen LogP contribution in [-0.2, 0) is 20.8 Å². The van der Waals surface area contributed by atoms with Crippen molar-refractivity contribution in [3.8, 4) is 0 Å². The van der Waals surface area contributed by atoms with Gasteiger partial charge in [-0.3, -0.25) is 9.69 Å². The minimum atomic E-state index is -0.716. The van der Waals surface area contributed by atoms with Gasteiger partial charge in [0.1, 0.15) is 17.2 Å². The van der Waals surface area contributed by atoms with E-state index in [-0.39, 0.29) is 24.3 Å². The molecule has 8 heteroatoms.